The highest BCUT2D eigenvalue weighted by atomic mass is 32.2. The first kappa shape index (κ1) is 31.4. The molecule has 236 valence electrons. The van der Waals surface area contributed by atoms with Gasteiger partial charge in [-0.3, -0.25) is 14.4 Å². The molecule has 3 aromatic rings. The Morgan fingerprint density at radius 1 is 1.07 bits per heavy atom. The van der Waals surface area contributed by atoms with Crippen LogP contribution >= 0.6 is 0 Å². The third-order valence-electron chi connectivity index (χ3n) is 7.92. The zero-order valence-corrected chi connectivity index (χ0v) is 26.2. The number of likely N-dealkylation sites (N-methyl/N-ethyl adjacent to an activating group) is 1. The Balaban J connectivity index is 1.39. The van der Waals surface area contributed by atoms with Crippen molar-refractivity contribution in [3.63, 3.8) is 0 Å². The Bertz CT molecular complexity index is 1580. The number of rotatable bonds is 10. The first-order valence-corrected chi connectivity index (χ1v) is 16.0. The van der Waals surface area contributed by atoms with Crippen molar-refractivity contribution in [2.75, 3.05) is 45.4 Å². The second-order valence-corrected chi connectivity index (χ2v) is 13.1. The standard InChI is InChI=1S/C32H39N3O8S/c1-21-16-35(22(2)19-36)32(37)15-24-14-25(33-44(38,39)27-9-7-26(40-4)8-10-27)6-12-28(24)43-31(21)18-34(3)17-23-5-11-29-30(13-23)42-20-41-29/h5-14,21-22,31,33,36H,15-20H2,1-4H3/t21-,22+,31+/m0/s1. The lowest BCUT2D eigenvalue weighted by atomic mass is 10.0. The maximum absolute atomic E-state index is 13.5. The molecule has 0 fully saturated rings. The number of nitrogens with zero attached hydrogens (tertiary/aromatic N) is 2. The predicted octanol–water partition coefficient (Wildman–Crippen LogP) is 3.51. The van der Waals surface area contributed by atoms with Crippen molar-refractivity contribution >= 4 is 21.6 Å². The molecule has 0 saturated heterocycles. The van der Waals surface area contributed by atoms with Crippen LogP contribution in [0.3, 0.4) is 0 Å². The molecule has 0 radical (unpaired) electrons. The van der Waals surface area contributed by atoms with Crippen LogP contribution in [0.25, 0.3) is 0 Å². The van der Waals surface area contributed by atoms with Crippen molar-refractivity contribution < 1.29 is 37.3 Å². The number of hydrogen-bond donors (Lipinski definition) is 2. The fourth-order valence-corrected chi connectivity index (χ4v) is 6.45. The molecule has 0 saturated carbocycles. The predicted molar refractivity (Wildman–Crippen MR) is 165 cm³/mol. The molecule has 1 amide bonds. The van der Waals surface area contributed by atoms with Gasteiger partial charge in [-0.25, -0.2) is 8.42 Å². The number of anilines is 1. The number of carbonyl (C=O) groups excluding carboxylic acids is 1. The van der Waals surface area contributed by atoms with Crippen LogP contribution in [0, 0.1) is 5.92 Å². The van der Waals surface area contributed by atoms with E-state index in [-0.39, 0.29) is 42.6 Å². The van der Waals surface area contributed by atoms with Crippen LogP contribution in [-0.4, -0.2) is 82.0 Å². The van der Waals surface area contributed by atoms with E-state index in [1.54, 1.807) is 35.2 Å². The summed E-state index contributed by atoms with van der Waals surface area (Å²) in [5.74, 6) is 2.26. The topological polar surface area (TPSA) is 127 Å². The first-order valence-electron chi connectivity index (χ1n) is 14.5. The summed E-state index contributed by atoms with van der Waals surface area (Å²) in [6.45, 7) is 5.47. The van der Waals surface area contributed by atoms with Crippen molar-refractivity contribution in [3.05, 3.63) is 71.8 Å². The van der Waals surface area contributed by atoms with Crippen molar-refractivity contribution in [2.24, 2.45) is 5.92 Å². The average Bonchev–Trinajstić information content (AvgIpc) is 3.48. The second kappa shape index (κ2) is 13.3. The van der Waals surface area contributed by atoms with Gasteiger partial charge in [0.05, 0.1) is 31.1 Å². The lowest BCUT2D eigenvalue weighted by molar-refractivity contribution is -0.134. The van der Waals surface area contributed by atoms with Gasteiger partial charge in [0, 0.05) is 36.8 Å². The third-order valence-corrected chi connectivity index (χ3v) is 9.32. The number of fused-ring (bicyclic) bond motifs is 2. The minimum atomic E-state index is -3.90. The maximum atomic E-state index is 13.5. The molecular formula is C32H39N3O8S. The van der Waals surface area contributed by atoms with Crippen LogP contribution in [0.5, 0.6) is 23.0 Å². The minimum Gasteiger partial charge on any atom is -0.497 e. The molecule has 0 unspecified atom stereocenters. The number of carbonyl (C=O) groups is 1. The summed E-state index contributed by atoms with van der Waals surface area (Å²) >= 11 is 0. The van der Waals surface area contributed by atoms with E-state index in [4.69, 9.17) is 18.9 Å². The van der Waals surface area contributed by atoms with Gasteiger partial charge in [0.1, 0.15) is 17.6 Å². The summed E-state index contributed by atoms with van der Waals surface area (Å²) in [6, 6.07) is 16.5. The molecular weight excluding hydrogens is 586 g/mol. The monoisotopic (exact) mass is 625 g/mol. The largest absolute Gasteiger partial charge is 0.497 e. The van der Waals surface area contributed by atoms with E-state index >= 15 is 0 Å². The van der Waals surface area contributed by atoms with Crippen LogP contribution in [-0.2, 0) is 27.8 Å². The van der Waals surface area contributed by atoms with Crippen molar-refractivity contribution in [1.82, 2.24) is 9.80 Å². The molecule has 5 rings (SSSR count). The zero-order valence-electron chi connectivity index (χ0n) is 25.4. The number of benzene rings is 3. The first-order chi connectivity index (χ1) is 21.1. The van der Waals surface area contributed by atoms with Gasteiger partial charge in [-0.1, -0.05) is 13.0 Å². The summed E-state index contributed by atoms with van der Waals surface area (Å²) in [5, 5.41) is 9.94. The molecule has 44 heavy (non-hydrogen) atoms. The van der Waals surface area contributed by atoms with Crippen LogP contribution in [0.15, 0.2) is 65.6 Å². The molecule has 0 bridgehead atoms. The summed E-state index contributed by atoms with van der Waals surface area (Å²) in [4.78, 5) is 17.5. The SMILES string of the molecule is COc1ccc(S(=O)(=O)Nc2ccc3c(c2)CC(=O)N([C@H](C)CO)C[C@H](C)[C@@H](CN(C)Cc2ccc4c(c2)OCO4)O3)cc1. The average molecular weight is 626 g/mol. The van der Waals surface area contributed by atoms with Gasteiger partial charge >= 0.3 is 0 Å². The molecule has 0 aliphatic carbocycles. The van der Waals surface area contributed by atoms with Crippen molar-refractivity contribution in [1.29, 1.82) is 0 Å². The Labute approximate surface area is 258 Å². The Morgan fingerprint density at radius 3 is 2.52 bits per heavy atom. The van der Waals surface area contributed by atoms with Crippen molar-refractivity contribution in [2.45, 2.75) is 43.9 Å². The van der Waals surface area contributed by atoms with E-state index in [0.29, 0.717) is 42.4 Å². The van der Waals surface area contributed by atoms with E-state index < -0.39 is 16.1 Å². The number of ether oxygens (including phenoxy) is 4. The molecule has 3 atom stereocenters. The molecule has 0 spiro atoms. The number of aliphatic hydroxyl groups is 1. The summed E-state index contributed by atoms with van der Waals surface area (Å²) < 4.78 is 51.5. The zero-order chi connectivity index (χ0) is 31.4. The van der Waals surface area contributed by atoms with Crippen LogP contribution < -0.4 is 23.7 Å². The maximum Gasteiger partial charge on any atom is 0.261 e. The Kier molecular flexibility index (Phi) is 9.52. The molecule has 12 heteroatoms. The molecule has 2 N–H and O–H groups in total. The fraction of sp³-hybridized carbons (Fsp3) is 0.406. The molecule has 11 nitrogen and oxygen atoms in total. The van der Waals surface area contributed by atoms with Crippen molar-refractivity contribution in [3.8, 4) is 23.0 Å². The summed E-state index contributed by atoms with van der Waals surface area (Å²) in [7, 11) is -0.383. The summed E-state index contributed by atoms with van der Waals surface area (Å²) in [6.07, 6.45) is -0.321. The highest BCUT2D eigenvalue weighted by molar-refractivity contribution is 7.92. The Morgan fingerprint density at radius 2 is 1.80 bits per heavy atom. The molecule has 2 heterocycles. The van der Waals surface area contributed by atoms with E-state index in [2.05, 4.69) is 9.62 Å². The van der Waals surface area contributed by atoms with E-state index in [9.17, 15) is 18.3 Å². The van der Waals surface area contributed by atoms with E-state index in [0.717, 1.165) is 17.1 Å². The number of aliphatic hydroxyl groups excluding tert-OH is 1. The fourth-order valence-electron chi connectivity index (χ4n) is 5.40. The number of nitrogens with one attached hydrogen (secondary N) is 1. The van der Waals surface area contributed by atoms with Gasteiger partial charge in [-0.05, 0) is 74.1 Å². The smallest absolute Gasteiger partial charge is 0.261 e. The highest BCUT2D eigenvalue weighted by Crippen LogP contribution is 2.33. The highest BCUT2D eigenvalue weighted by Gasteiger charge is 2.31. The number of methoxy groups -OCH3 is 1. The normalized spacial score (nSPS) is 19.0. The quantitative estimate of drug-likeness (QED) is 0.348. The van der Waals surface area contributed by atoms with Crippen LogP contribution in [0.1, 0.15) is 25.0 Å². The number of amides is 1. The van der Waals surface area contributed by atoms with Gasteiger partial charge in [0.25, 0.3) is 10.0 Å². The number of hydrogen-bond acceptors (Lipinski definition) is 9. The van der Waals surface area contributed by atoms with Gasteiger partial charge < -0.3 is 29.0 Å². The molecule has 0 aromatic heterocycles. The van der Waals surface area contributed by atoms with Gasteiger partial charge in [0.15, 0.2) is 11.5 Å². The number of sulfonamides is 1. The lowest BCUT2D eigenvalue weighted by Crippen LogP contribution is -2.47. The molecule has 3 aromatic carbocycles. The summed E-state index contributed by atoms with van der Waals surface area (Å²) in [5.41, 5.74) is 1.92. The third kappa shape index (κ3) is 7.20. The van der Waals surface area contributed by atoms with E-state index in [1.165, 1.54) is 19.2 Å². The van der Waals surface area contributed by atoms with Gasteiger partial charge in [-0.15, -0.1) is 0 Å². The lowest BCUT2D eigenvalue weighted by Gasteiger charge is -2.34. The molecule has 2 aliphatic rings. The van der Waals surface area contributed by atoms with Crippen LogP contribution in [0.4, 0.5) is 5.69 Å². The van der Waals surface area contributed by atoms with E-state index in [1.807, 2.05) is 39.1 Å². The van der Waals surface area contributed by atoms with Crippen LogP contribution in [0.2, 0.25) is 0 Å². The van der Waals surface area contributed by atoms with Gasteiger partial charge in [-0.2, -0.15) is 0 Å². The molecule has 2 aliphatic heterocycles. The minimum absolute atomic E-state index is 0.00967. The Hall–Kier alpha value is -4.00. The van der Waals surface area contributed by atoms with Gasteiger partial charge in [0.2, 0.25) is 12.7 Å². The second-order valence-electron chi connectivity index (χ2n) is 11.4.